The number of rotatable bonds is 3. The van der Waals surface area contributed by atoms with Crippen molar-refractivity contribution in [1.82, 2.24) is 9.38 Å². The summed E-state index contributed by atoms with van der Waals surface area (Å²) >= 11 is 0. The molecule has 0 N–H and O–H groups in total. The van der Waals surface area contributed by atoms with Crippen molar-refractivity contribution >= 4 is 11.6 Å². The van der Waals surface area contributed by atoms with Crippen LogP contribution in [0.3, 0.4) is 0 Å². The number of esters is 1. The van der Waals surface area contributed by atoms with Crippen LogP contribution < -0.4 is 9.47 Å². The maximum atomic E-state index is 12.2. The van der Waals surface area contributed by atoms with Crippen LogP contribution in [0.2, 0.25) is 0 Å². The first-order chi connectivity index (χ1) is 11.7. The standard InChI is InChI=1S/C18H16N2O4/c1-12-2-5-17-19-14(10-20(17)9-12)11-24-18(21)13-3-4-15-16(8-13)23-7-6-22-15/h2-5,8-10H,6-7,11H2,1H3. The lowest BCUT2D eigenvalue weighted by atomic mass is 10.2. The zero-order valence-electron chi connectivity index (χ0n) is 13.2. The summed E-state index contributed by atoms with van der Waals surface area (Å²) in [6.45, 7) is 3.13. The topological polar surface area (TPSA) is 62.1 Å². The average Bonchev–Trinajstić information content (AvgIpc) is 3.01. The highest BCUT2D eigenvalue weighted by molar-refractivity contribution is 5.90. The zero-order chi connectivity index (χ0) is 16.5. The number of hydrogen-bond acceptors (Lipinski definition) is 5. The number of nitrogens with zero attached hydrogens (tertiary/aromatic N) is 2. The van der Waals surface area contributed by atoms with Crippen LogP contribution in [-0.2, 0) is 11.3 Å². The predicted octanol–water partition coefficient (Wildman–Crippen LogP) is 2.77. The summed E-state index contributed by atoms with van der Waals surface area (Å²) in [6.07, 6.45) is 3.84. The van der Waals surface area contributed by atoms with Crippen LogP contribution in [0.25, 0.3) is 5.65 Å². The van der Waals surface area contributed by atoms with Crippen molar-refractivity contribution in [2.24, 2.45) is 0 Å². The van der Waals surface area contributed by atoms with E-state index in [2.05, 4.69) is 4.98 Å². The van der Waals surface area contributed by atoms with Crippen molar-refractivity contribution in [1.29, 1.82) is 0 Å². The molecule has 4 rings (SSSR count). The molecule has 0 saturated carbocycles. The smallest absolute Gasteiger partial charge is 0.338 e. The monoisotopic (exact) mass is 324 g/mol. The Hall–Kier alpha value is -3.02. The van der Waals surface area contributed by atoms with Gasteiger partial charge in [0.05, 0.1) is 11.3 Å². The summed E-state index contributed by atoms with van der Waals surface area (Å²) in [5.41, 5.74) is 3.09. The molecule has 2 aromatic heterocycles. The Kier molecular flexibility index (Phi) is 3.57. The van der Waals surface area contributed by atoms with E-state index in [9.17, 15) is 4.79 Å². The zero-order valence-corrected chi connectivity index (χ0v) is 13.2. The number of carbonyl (C=O) groups is 1. The largest absolute Gasteiger partial charge is 0.486 e. The molecule has 0 fully saturated rings. The molecule has 24 heavy (non-hydrogen) atoms. The Balaban J connectivity index is 1.47. The second-order valence-corrected chi connectivity index (χ2v) is 5.64. The van der Waals surface area contributed by atoms with Gasteiger partial charge in [0.25, 0.3) is 0 Å². The van der Waals surface area contributed by atoms with Crippen LogP contribution in [0.4, 0.5) is 0 Å². The van der Waals surface area contributed by atoms with Gasteiger partial charge in [0.2, 0.25) is 0 Å². The van der Waals surface area contributed by atoms with Gasteiger partial charge >= 0.3 is 5.97 Å². The minimum absolute atomic E-state index is 0.119. The second kappa shape index (κ2) is 5.88. The van der Waals surface area contributed by atoms with E-state index < -0.39 is 5.97 Å². The highest BCUT2D eigenvalue weighted by Crippen LogP contribution is 2.31. The number of aromatic nitrogens is 2. The maximum absolute atomic E-state index is 12.2. The van der Waals surface area contributed by atoms with Gasteiger partial charge in [-0.05, 0) is 36.8 Å². The van der Waals surface area contributed by atoms with Gasteiger partial charge in [-0.25, -0.2) is 9.78 Å². The van der Waals surface area contributed by atoms with E-state index in [1.54, 1.807) is 18.2 Å². The molecule has 0 atom stereocenters. The van der Waals surface area contributed by atoms with Gasteiger partial charge < -0.3 is 18.6 Å². The summed E-state index contributed by atoms with van der Waals surface area (Å²) in [5.74, 6) is 0.799. The number of aryl methyl sites for hydroxylation is 1. The molecule has 0 spiro atoms. The van der Waals surface area contributed by atoms with Crippen LogP contribution in [0, 0.1) is 6.92 Å². The molecular formula is C18H16N2O4. The molecular weight excluding hydrogens is 308 g/mol. The maximum Gasteiger partial charge on any atom is 0.338 e. The predicted molar refractivity (Wildman–Crippen MR) is 86.5 cm³/mol. The summed E-state index contributed by atoms with van der Waals surface area (Å²) < 4.78 is 18.2. The highest BCUT2D eigenvalue weighted by atomic mass is 16.6. The SMILES string of the molecule is Cc1ccc2nc(COC(=O)c3ccc4c(c3)OCCO4)cn2c1. The van der Waals surface area contributed by atoms with E-state index in [0.717, 1.165) is 11.2 Å². The van der Waals surface area contributed by atoms with Crippen molar-refractivity contribution in [3.63, 3.8) is 0 Å². The third-order valence-corrected chi connectivity index (χ3v) is 3.78. The first-order valence-electron chi connectivity index (χ1n) is 7.70. The van der Waals surface area contributed by atoms with Crippen LogP contribution in [0.1, 0.15) is 21.6 Å². The fourth-order valence-corrected chi connectivity index (χ4v) is 2.62. The second-order valence-electron chi connectivity index (χ2n) is 5.64. The third-order valence-electron chi connectivity index (χ3n) is 3.78. The molecule has 1 aliphatic rings. The summed E-state index contributed by atoms with van der Waals surface area (Å²) in [7, 11) is 0. The minimum Gasteiger partial charge on any atom is -0.486 e. The molecule has 0 saturated heterocycles. The van der Waals surface area contributed by atoms with Crippen LogP contribution >= 0.6 is 0 Å². The van der Waals surface area contributed by atoms with Crippen molar-refractivity contribution < 1.29 is 19.0 Å². The number of hydrogen-bond donors (Lipinski definition) is 0. The molecule has 0 unspecified atom stereocenters. The summed E-state index contributed by atoms with van der Waals surface area (Å²) in [6, 6.07) is 8.96. The van der Waals surface area contributed by atoms with Gasteiger partial charge in [0, 0.05) is 12.4 Å². The van der Waals surface area contributed by atoms with Crippen molar-refractivity contribution in [3.05, 3.63) is 59.5 Å². The van der Waals surface area contributed by atoms with E-state index >= 15 is 0 Å². The lowest BCUT2D eigenvalue weighted by molar-refractivity contribution is 0.0467. The summed E-state index contributed by atoms with van der Waals surface area (Å²) in [5, 5.41) is 0. The number of pyridine rings is 1. The van der Waals surface area contributed by atoms with Gasteiger partial charge in [-0.15, -0.1) is 0 Å². The molecule has 122 valence electrons. The molecule has 0 amide bonds. The molecule has 0 aliphatic carbocycles. The Labute approximate surface area is 138 Å². The van der Waals surface area contributed by atoms with E-state index in [-0.39, 0.29) is 6.61 Å². The number of fused-ring (bicyclic) bond motifs is 2. The Morgan fingerprint density at radius 1 is 1.17 bits per heavy atom. The number of carbonyl (C=O) groups excluding carboxylic acids is 1. The molecule has 3 aromatic rings. The Morgan fingerprint density at radius 2 is 2.00 bits per heavy atom. The van der Waals surface area contributed by atoms with Crippen molar-refractivity contribution in [2.75, 3.05) is 13.2 Å². The van der Waals surface area contributed by atoms with Crippen molar-refractivity contribution in [3.8, 4) is 11.5 Å². The van der Waals surface area contributed by atoms with Crippen LogP contribution in [0.15, 0.2) is 42.7 Å². The van der Waals surface area contributed by atoms with Crippen LogP contribution in [-0.4, -0.2) is 28.6 Å². The first-order valence-corrected chi connectivity index (χ1v) is 7.70. The fourth-order valence-electron chi connectivity index (χ4n) is 2.62. The molecule has 3 heterocycles. The summed E-state index contributed by atoms with van der Waals surface area (Å²) in [4.78, 5) is 16.7. The average molecular weight is 324 g/mol. The Morgan fingerprint density at radius 3 is 2.88 bits per heavy atom. The van der Waals surface area contributed by atoms with E-state index in [0.29, 0.717) is 36.0 Å². The van der Waals surface area contributed by atoms with Gasteiger partial charge in [-0.2, -0.15) is 0 Å². The van der Waals surface area contributed by atoms with Gasteiger partial charge in [0.15, 0.2) is 11.5 Å². The molecule has 1 aliphatic heterocycles. The highest BCUT2D eigenvalue weighted by Gasteiger charge is 2.16. The first kappa shape index (κ1) is 14.6. The van der Waals surface area contributed by atoms with Gasteiger partial charge in [-0.3, -0.25) is 0 Å². The molecule has 1 aromatic carbocycles. The molecule has 0 radical (unpaired) electrons. The third kappa shape index (κ3) is 2.78. The molecule has 6 nitrogen and oxygen atoms in total. The van der Waals surface area contributed by atoms with Crippen molar-refractivity contribution in [2.45, 2.75) is 13.5 Å². The quantitative estimate of drug-likeness (QED) is 0.693. The van der Waals surface area contributed by atoms with Gasteiger partial charge in [-0.1, -0.05) is 6.07 Å². The number of benzene rings is 1. The Bertz CT molecular complexity index is 917. The van der Waals surface area contributed by atoms with E-state index in [4.69, 9.17) is 14.2 Å². The van der Waals surface area contributed by atoms with Crippen LogP contribution in [0.5, 0.6) is 11.5 Å². The lowest BCUT2D eigenvalue weighted by Crippen LogP contribution is -2.16. The van der Waals surface area contributed by atoms with E-state index in [1.165, 1.54) is 0 Å². The fraction of sp³-hybridized carbons (Fsp3) is 0.222. The van der Waals surface area contributed by atoms with E-state index in [1.807, 2.05) is 35.9 Å². The normalized spacial score (nSPS) is 13.0. The van der Waals surface area contributed by atoms with Gasteiger partial charge in [0.1, 0.15) is 25.5 Å². The minimum atomic E-state index is -0.416. The number of ether oxygens (including phenoxy) is 3. The lowest BCUT2D eigenvalue weighted by Gasteiger charge is -2.18. The number of imidazole rings is 1. The molecule has 6 heteroatoms. The molecule has 0 bridgehead atoms.